The van der Waals surface area contributed by atoms with Crippen molar-refractivity contribution < 1.29 is 9.90 Å². The quantitative estimate of drug-likeness (QED) is 0.857. The Labute approximate surface area is 126 Å². The molecule has 3 nitrogen and oxygen atoms in total. The number of carbonyl (C=O) groups is 1. The standard InChI is InChI=1S/C16H16BrNO2/c1-10-3-5-12(6-4-10)11(2)18-15-9-13(17)7-8-14(15)16(19)20/h3-9,11,18H,1-2H3,(H,19,20). The van der Waals surface area contributed by atoms with Crippen LogP contribution in [0.25, 0.3) is 0 Å². The first-order valence-electron chi connectivity index (χ1n) is 6.33. The third kappa shape index (κ3) is 3.39. The Bertz CT molecular complexity index is 623. The lowest BCUT2D eigenvalue weighted by Gasteiger charge is -2.18. The van der Waals surface area contributed by atoms with E-state index in [4.69, 9.17) is 0 Å². The summed E-state index contributed by atoms with van der Waals surface area (Å²) in [6.07, 6.45) is 0. The Balaban J connectivity index is 2.27. The molecule has 0 spiro atoms. The summed E-state index contributed by atoms with van der Waals surface area (Å²) in [6, 6.07) is 13.3. The van der Waals surface area contributed by atoms with Gasteiger partial charge in [0.05, 0.1) is 11.3 Å². The molecule has 0 aromatic heterocycles. The predicted octanol–water partition coefficient (Wildman–Crippen LogP) is 4.63. The van der Waals surface area contributed by atoms with Crippen molar-refractivity contribution in [1.82, 2.24) is 0 Å². The molecule has 0 fully saturated rings. The van der Waals surface area contributed by atoms with Crippen molar-refractivity contribution in [1.29, 1.82) is 0 Å². The van der Waals surface area contributed by atoms with Crippen molar-refractivity contribution in [3.63, 3.8) is 0 Å². The minimum absolute atomic E-state index is 0.0306. The topological polar surface area (TPSA) is 49.3 Å². The zero-order valence-corrected chi connectivity index (χ0v) is 12.9. The fraction of sp³-hybridized carbons (Fsp3) is 0.188. The monoisotopic (exact) mass is 333 g/mol. The maximum absolute atomic E-state index is 11.2. The second-order valence-electron chi connectivity index (χ2n) is 4.77. The summed E-state index contributed by atoms with van der Waals surface area (Å²) < 4.78 is 0.848. The van der Waals surface area contributed by atoms with Crippen molar-refractivity contribution >= 4 is 27.6 Å². The Morgan fingerprint density at radius 2 is 1.85 bits per heavy atom. The van der Waals surface area contributed by atoms with E-state index in [-0.39, 0.29) is 11.6 Å². The molecule has 2 N–H and O–H groups in total. The first kappa shape index (κ1) is 14.6. The Hall–Kier alpha value is -1.81. The zero-order chi connectivity index (χ0) is 14.7. The van der Waals surface area contributed by atoms with E-state index in [0.717, 1.165) is 10.0 Å². The van der Waals surface area contributed by atoms with Crippen molar-refractivity contribution in [3.8, 4) is 0 Å². The molecule has 0 radical (unpaired) electrons. The normalized spacial score (nSPS) is 11.9. The SMILES string of the molecule is Cc1ccc(C(C)Nc2cc(Br)ccc2C(=O)O)cc1. The molecule has 4 heteroatoms. The number of benzene rings is 2. The van der Waals surface area contributed by atoms with Crippen LogP contribution < -0.4 is 5.32 Å². The van der Waals surface area contributed by atoms with Gasteiger partial charge in [-0.25, -0.2) is 4.79 Å². The van der Waals surface area contributed by atoms with Gasteiger partial charge in [0.2, 0.25) is 0 Å². The van der Waals surface area contributed by atoms with E-state index in [0.29, 0.717) is 5.69 Å². The number of rotatable bonds is 4. The number of hydrogen-bond donors (Lipinski definition) is 2. The van der Waals surface area contributed by atoms with Crippen LogP contribution in [0.5, 0.6) is 0 Å². The second kappa shape index (κ2) is 6.09. The average Bonchev–Trinajstić information content (AvgIpc) is 2.39. The van der Waals surface area contributed by atoms with Gasteiger partial charge in [0.25, 0.3) is 0 Å². The molecule has 0 aliphatic carbocycles. The van der Waals surface area contributed by atoms with E-state index in [2.05, 4.69) is 21.2 Å². The molecule has 0 aliphatic rings. The predicted molar refractivity (Wildman–Crippen MR) is 84.3 cm³/mol. The molecule has 2 aromatic carbocycles. The molecular formula is C16H16BrNO2. The van der Waals surface area contributed by atoms with Gasteiger partial charge in [-0.2, -0.15) is 0 Å². The van der Waals surface area contributed by atoms with Gasteiger partial charge in [-0.1, -0.05) is 45.8 Å². The summed E-state index contributed by atoms with van der Waals surface area (Å²) >= 11 is 3.37. The molecule has 2 aromatic rings. The number of carboxylic acids is 1. The molecule has 0 heterocycles. The number of nitrogens with one attached hydrogen (secondary N) is 1. The highest BCUT2D eigenvalue weighted by Gasteiger charge is 2.13. The summed E-state index contributed by atoms with van der Waals surface area (Å²) in [4.78, 5) is 11.2. The van der Waals surface area contributed by atoms with Gasteiger partial charge in [0.1, 0.15) is 0 Å². The maximum Gasteiger partial charge on any atom is 0.337 e. The van der Waals surface area contributed by atoms with Gasteiger partial charge in [0.15, 0.2) is 0 Å². The fourth-order valence-corrected chi connectivity index (χ4v) is 2.36. The van der Waals surface area contributed by atoms with E-state index in [1.807, 2.05) is 38.1 Å². The van der Waals surface area contributed by atoms with E-state index in [9.17, 15) is 9.90 Å². The zero-order valence-electron chi connectivity index (χ0n) is 11.4. The average molecular weight is 334 g/mol. The molecule has 20 heavy (non-hydrogen) atoms. The van der Waals surface area contributed by atoms with Crippen molar-refractivity contribution in [3.05, 3.63) is 63.6 Å². The smallest absolute Gasteiger partial charge is 0.337 e. The van der Waals surface area contributed by atoms with E-state index in [1.54, 1.807) is 18.2 Å². The third-order valence-corrected chi connectivity index (χ3v) is 3.65. The Morgan fingerprint density at radius 1 is 1.20 bits per heavy atom. The van der Waals surface area contributed by atoms with Gasteiger partial charge in [-0.3, -0.25) is 0 Å². The van der Waals surface area contributed by atoms with Crippen molar-refractivity contribution in [2.75, 3.05) is 5.32 Å². The van der Waals surface area contributed by atoms with Crippen molar-refractivity contribution in [2.45, 2.75) is 19.9 Å². The Morgan fingerprint density at radius 3 is 2.45 bits per heavy atom. The number of anilines is 1. The number of carboxylic acid groups (broad SMARTS) is 1. The Kier molecular flexibility index (Phi) is 4.45. The van der Waals surface area contributed by atoms with Crippen LogP contribution >= 0.6 is 15.9 Å². The fourth-order valence-electron chi connectivity index (χ4n) is 1.99. The largest absolute Gasteiger partial charge is 0.478 e. The summed E-state index contributed by atoms with van der Waals surface area (Å²) in [7, 11) is 0. The van der Waals surface area contributed by atoms with Crippen LogP contribution in [0.1, 0.15) is 34.5 Å². The minimum atomic E-state index is -0.934. The number of aromatic carboxylic acids is 1. The van der Waals surface area contributed by atoms with Crippen LogP contribution in [0.3, 0.4) is 0 Å². The minimum Gasteiger partial charge on any atom is -0.478 e. The molecule has 0 amide bonds. The molecular weight excluding hydrogens is 318 g/mol. The summed E-state index contributed by atoms with van der Waals surface area (Å²) in [5, 5.41) is 12.5. The number of hydrogen-bond acceptors (Lipinski definition) is 2. The molecule has 0 saturated heterocycles. The molecule has 0 aliphatic heterocycles. The molecule has 1 atom stereocenters. The van der Waals surface area contributed by atoms with Gasteiger partial charge < -0.3 is 10.4 Å². The van der Waals surface area contributed by atoms with Gasteiger partial charge >= 0.3 is 5.97 Å². The van der Waals surface area contributed by atoms with Gasteiger partial charge in [-0.05, 0) is 37.6 Å². The van der Waals surface area contributed by atoms with Gasteiger partial charge in [-0.15, -0.1) is 0 Å². The van der Waals surface area contributed by atoms with E-state index < -0.39 is 5.97 Å². The maximum atomic E-state index is 11.2. The van der Waals surface area contributed by atoms with Crippen LogP contribution in [0.2, 0.25) is 0 Å². The van der Waals surface area contributed by atoms with Crippen LogP contribution in [0.4, 0.5) is 5.69 Å². The van der Waals surface area contributed by atoms with Gasteiger partial charge in [0, 0.05) is 10.5 Å². The molecule has 0 bridgehead atoms. The first-order valence-corrected chi connectivity index (χ1v) is 7.12. The summed E-state index contributed by atoms with van der Waals surface area (Å²) in [5.41, 5.74) is 3.20. The summed E-state index contributed by atoms with van der Waals surface area (Å²) in [5.74, 6) is -0.934. The lowest BCUT2D eigenvalue weighted by Crippen LogP contribution is -2.10. The number of halogens is 1. The lowest BCUT2D eigenvalue weighted by molar-refractivity contribution is 0.0698. The number of aryl methyl sites for hydroxylation is 1. The summed E-state index contributed by atoms with van der Waals surface area (Å²) in [6.45, 7) is 4.05. The first-order chi connectivity index (χ1) is 9.47. The highest BCUT2D eigenvalue weighted by molar-refractivity contribution is 9.10. The highest BCUT2D eigenvalue weighted by atomic mass is 79.9. The molecule has 104 valence electrons. The van der Waals surface area contributed by atoms with E-state index in [1.165, 1.54) is 5.56 Å². The van der Waals surface area contributed by atoms with Crippen LogP contribution in [-0.2, 0) is 0 Å². The van der Waals surface area contributed by atoms with E-state index >= 15 is 0 Å². The lowest BCUT2D eigenvalue weighted by atomic mass is 10.1. The molecule has 2 rings (SSSR count). The molecule has 1 unspecified atom stereocenters. The van der Waals surface area contributed by atoms with Crippen LogP contribution in [-0.4, -0.2) is 11.1 Å². The van der Waals surface area contributed by atoms with Crippen LogP contribution in [0.15, 0.2) is 46.9 Å². The highest BCUT2D eigenvalue weighted by Crippen LogP contribution is 2.26. The molecule has 0 saturated carbocycles. The second-order valence-corrected chi connectivity index (χ2v) is 5.69. The third-order valence-electron chi connectivity index (χ3n) is 3.16. The van der Waals surface area contributed by atoms with Crippen molar-refractivity contribution in [2.24, 2.45) is 0 Å². The van der Waals surface area contributed by atoms with Crippen LogP contribution in [0, 0.1) is 6.92 Å².